The molecule has 0 spiro atoms. The van der Waals surface area contributed by atoms with Crippen LogP contribution in [0.1, 0.15) is 0 Å². The van der Waals surface area contributed by atoms with Crippen molar-refractivity contribution in [1.82, 2.24) is 20.9 Å². The maximum Gasteiger partial charge on any atom is 0.126 e. The number of amidine groups is 1. The topological polar surface area (TPSA) is 54.4 Å². The molecule has 3 N–H and O–H groups in total. The van der Waals surface area contributed by atoms with Gasteiger partial charge in [0.25, 0.3) is 0 Å². The largest absolute Gasteiger partial charge is 0.297 e. The first-order chi connectivity index (χ1) is 5.24. The molecular weight excluding hydrogens is 142 g/mol. The van der Waals surface area contributed by atoms with Crippen LogP contribution in [0.15, 0.2) is 0 Å². The number of hydrogen-bond acceptors (Lipinski definition) is 4. The van der Waals surface area contributed by atoms with Gasteiger partial charge in [0.2, 0.25) is 0 Å². The molecule has 11 heavy (non-hydrogen) atoms. The molecule has 1 aliphatic rings. The van der Waals surface area contributed by atoms with E-state index in [9.17, 15) is 0 Å². The summed E-state index contributed by atoms with van der Waals surface area (Å²) >= 11 is 0. The fourth-order valence-electron chi connectivity index (χ4n) is 1.08. The van der Waals surface area contributed by atoms with Crippen LogP contribution < -0.4 is 11.0 Å². The van der Waals surface area contributed by atoms with Crippen molar-refractivity contribution < 1.29 is 0 Å². The zero-order valence-electron chi connectivity index (χ0n) is 7.02. The molecule has 5 heteroatoms. The van der Waals surface area contributed by atoms with Crippen molar-refractivity contribution in [1.29, 1.82) is 5.41 Å². The summed E-state index contributed by atoms with van der Waals surface area (Å²) in [6.07, 6.45) is 0. The molecule has 0 amide bonds. The normalized spacial score (nSPS) is 20.9. The fraction of sp³-hybridized carbons (Fsp3) is 0.833. The minimum absolute atomic E-state index is 0.605. The van der Waals surface area contributed by atoms with Crippen LogP contribution in [-0.4, -0.2) is 49.5 Å². The Morgan fingerprint density at radius 2 is 2.18 bits per heavy atom. The van der Waals surface area contributed by atoms with Crippen molar-refractivity contribution in [3.05, 3.63) is 0 Å². The highest BCUT2D eigenvalue weighted by molar-refractivity contribution is 5.81. The second-order valence-corrected chi connectivity index (χ2v) is 2.70. The van der Waals surface area contributed by atoms with E-state index in [4.69, 9.17) is 5.41 Å². The van der Waals surface area contributed by atoms with Gasteiger partial charge in [0, 0.05) is 20.1 Å². The minimum Gasteiger partial charge on any atom is -0.297 e. The number of hydrazine groups is 2. The number of piperazine rings is 1. The van der Waals surface area contributed by atoms with Gasteiger partial charge < -0.3 is 0 Å². The predicted molar refractivity (Wildman–Crippen MR) is 44.1 cm³/mol. The monoisotopic (exact) mass is 157 g/mol. The summed E-state index contributed by atoms with van der Waals surface area (Å²) in [5.41, 5.74) is 5.69. The van der Waals surface area contributed by atoms with Crippen LogP contribution >= 0.6 is 0 Å². The second-order valence-electron chi connectivity index (χ2n) is 2.70. The molecule has 0 bridgehead atoms. The molecule has 64 valence electrons. The van der Waals surface area contributed by atoms with Crippen LogP contribution in [0, 0.1) is 5.41 Å². The number of hydrogen-bond donors (Lipinski definition) is 3. The SMILES string of the molecule is CNNN1CCN(C)CC1=N. The van der Waals surface area contributed by atoms with Crippen molar-refractivity contribution in [2.24, 2.45) is 0 Å². The first-order valence-electron chi connectivity index (χ1n) is 3.70. The van der Waals surface area contributed by atoms with E-state index in [-0.39, 0.29) is 0 Å². The lowest BCUT2D eigenvalue weighted by Gasteiger charge is -2.33. The summed E-state index contributed by atoms with van der Waals surface area (Å²) in [6, 6.07) is 0. The molecule has 0 unspecified atom stereocenters. The summed E-state index contributed by atoms with van der Waals surface area (Å²) in [5, 5.41) is 9.37. The smallest absolute Gasteiger partial charge is 0.126 e. The van der Waals surface area contributed by atoms with E-state index >= 15 is 0 Å². The standard InChI is InChI=1S/C6H15N5/c1-8-9-11-4-3-10(2)5-6(11)7/h7-9H,3-5H2,1-2H3. The molecule has 0 radical (unpaired) electrons. The Morgan fingerprint density at radius 1 is 1.45 bits per heavy atom. The molecule has 1 rings (SSSR count). The van der Waals surface area contributed by atoms with Gasteiger partial charge in [0.1, 0.15) is 5.84 Å². The van der Waals surface area contributed by atoms with Crippen LogP contribution in [0.3, 0.4) is 0 Å². The Balaban J connectivity index is 2.38. The van der Waals surface area contributed by atoms with E-state index in [2.05, 4.69) is 15.9 Å². The average molecular weight is 157 g/mol. The molecule has 0 aromatic heterocycles. The third-order valence-corrected chi connectivity index (χ3v) is 1.70. The Bertz CT molecular complexity index is 146. The van der Waals surface area contributed by atoms with Crippen LogP contribution in [0.4, 0.5) is 0 Å². The quantitative estimate of drug-likeness (QED) is 0.443. The fourth-order valence-corrected chi connectivity index (χ4v) is 1.08. The molecule has 1 aliphatic heterocycles. The van der Waals surface area contributed by atoms with Gasteiger partial charge in [-0.15, -0.1) is 0 Å². The zero-order valence-corrected chi connectivity index (χ0v) is 7.02. The van der Waals surface area contributed by atoms with Gasteiger partial charge >= 0.3 is 0 Å². The van der Waals surface area contributed by atoms with Gasteiger partial charge in [-0.2, -0.15) is 5.53 Å². The number of rotatable bonds is 2. The molecule has 1 heterocycles. The van der Waals surface area contributed by atoms with Crippen molar-refractivity contribution in [3.63, 3.8) is 0 Å². The van der Waals surface area contributed by atoms with Gasteiger partial charge in [0.15, 0.2) is 0 Å². The molecule has 0 atom stereocenters. The number of nitrogens with one attached hydrogen (secondary N) is 3. The average Bonchev–Trinajstić information content (AvgIpc) is 1.95. The van der Waals surface area contributed by atoms with Crippen molar-refractivity contribution >= 4 is 5.84 Å². The molecule has 1 saturated heterocycles. The Labute approximate surface area is 66.8 Å². The summed E-state index contributed by atoms with van der Waals surface area (Å²) < 4.78 is 0. The first-order valence-corrected chi connectivity index (χ1v) is 3.70. The van der Waals surface area contributed by atoms with Crippen LogP contribution in [0.25, 0.3) is 0 Å². The zero-order chi connectivity index (χ0) is 8.27. The van der Waals surface area contributed by atoms with Gasteiger partial charge in [-0.25, -0.2) is 5.43 Å². The molecule has 0 aliphatic carbocycles. The third-order valence-electron chi connectivity index (χ3n) is 1.70. The summed E-state index contributed by atoms with van der Waals surface area (Å²) in [7, 11) is 3.82. The molecule has 1 fully saturated rings. The summed E-state index contributed by atoms with van der Waals surface area (Å²) in [4.78, 5) is 2.12. The summed E-state index contributed by atoms with van der Waals surface area (Å²) in [6.45, 7) is 2.57. The van der Waals surface area contributed by atoms with Gasteiger partial charge in [0.05, 0.1) is 6.54 Å². The van der Waals surface area contributed by atoms with Crippen LogP contribution in [0.2, 0.25) is 0 Å². The Hall–Kier alpha value is -0.650. The lowest BCUT2D eigenvalue weighted by Crippen LogP contribution is -2.57. The molecule has 0 saturated carbocycles. The highest BCUT2D eigenvalue weighted by Crippen LogP contribution is 1.96. The minimum atomic E-state index is 0.605. The first kappa shape index (κ1) is 8.45. The van der Waals surface area contributed by atoms with E-state index in [0.717, 1.165) is 13.1 Å². The Morgan fingerprint density at radius 3 is 2.73 bits per heavy atom. The lowest BCUT2D eigenvalue weighted by molar-refractivity contribution is 0.192. The van der Waals surface area contributed by atoms with E-state index in [1.165, 1.54) is 0 Å². The molecule has 5 nitrogen and oxygen atoms in total. The maximum atomic E-state index is 7.56. The van der Waals surface area contributed by atoms with Crippen LogP contribution in [0.5, 0.6) is 0 Å². The molecule has 0 aromatic rings. The van der Waals surface area contributed by atoms with Crippen molar-refractivity contribution in [3.8, 4) is 0 Å². The van der Waals surface area contributed by atoms with Crippen molar-refractivity contribution in [2.75, 3.05) is 33.7 Å². The van der Waals surface area contributed by atoms with E-state index < -0.39 is 0 Å². The van der Waals surface area contributed by atoms with Gasteiger partial charge in [-0.1, -0.05) is 0 Å². The maximum absolute atomic E-state index is 7.56. The molecule has 0 aromatic carbocycles. The second kappa shape index (κ2) is 3.66. The van der Waals surface area contributed by atoms with Gasteiger partial charge in [-0.3, -0.25) is 15.3 Å². The van der Waals surface area contributed by atoms with E-state index in [1.807, 2.05) is 7.05 Å². The van der Waals surface area contributed by atoms with E-state index in [1.54, 1.807) is 12.1 Å². The van der Waals surface area contributed by atoms with Crippen LogP contribution in [-0.2, 0) is 0 Å². The predicted octanol–water partition coefficient (Wildman–Crippen LogP) is -1.15. The third kappa shape index (κ3) is 2.14. The highest BCUT2D eigenvalue weighted by atomic mass is 15.7. The number of likely N-dealkylation sites (N-methyl/N-ethyl adjacent to an activating group) is 1. The lowest BCUT2D eigenvalue weighted by atomic mass is 10.4. The van der Waals surface area contributed by atoms with Gasteiger partial charge in [-0.05, 0) is 7.05 Å². The Kier molecular flexibility index (Phi) is 2.81. The van der Waals surface area contributed by atoms with Crippen molar-refractivity contribution in [2.45, 2.75) is 0 Å². The highest BCUT2D eigenvalue weighted by Gasteiger charge is 2.16. The molecular formula is C6H15N5. The van der Waals surface area contributed by atoms with E-state index in [0.29, 0.717) is 12.4 Å². The number of nitrogens with zero attached hydrogens (tertiary/aromatic N) is 2. The summed E-state index contributed by atoms with van der Waals surface area (Å²) in [5.74, 6) is 0.605.